The van der Waals surface area contributed by atoms with Crippen molar-refractivity contribution in [3.63, 3.8) is 0 Å². The molecule has 0 aromatic carbocycles. The molecule has 0 heterocycles. The maximum atomic E-state index is 6.17. The molecule has 4 aliphatic carbocycles. The number of halogens is 2. The van der Waals surface area contributed by atoms with Crippen molar-refractivity contribution < 1.29 is 0 Å². The third-order valence-corrected chi connectivity index (χ3v) is 7.63. The fraction of sp³-hybridized carbons (Fsp3) is 1.00. The highest BCUT2D eigenvalue weighted by molar-refractivity contribution is 5.85. The highest BCUT2D eigenvalue weighted by atomic mass is 35.5. The molecule has 8 atom stereocenters. The fourth-order valence-corrected chi connectivity index (χ4v) is 6.74. The van der Waals surface area contributed by atoms with Crippen LogP contribution in [0.3, 0.4) is 0 Å². The first-order chi connectivity index (χ1) is 10.4. The van der Waals surface area contributed by atoms with Gasteiger partial charge in [-0.05, 0) is 85.9 Å². The molecule has 0 radical (unpaired) electrons. The SMILES string of the molecule is CC(C)[C@@H]1[C@H]2CC[C@H](C2)[C@H]1N.CC(C)[C@H]1[C@@H]2CC[C@@H](C2)[C@@H]1N.Cl.Cl. The van der Waals surface area contributed by atoms with Gasteiger partial charge in [-0.2, -0.15) is 0 Å². The first-order valence-corrected chi connectivity index (χ1v) is 9.91. The molecule has 0 unspecified atom stereocenters. The van der Waals surface area contributed by atoms with Gasteiger partial charge in [-0.1, -0.05) is 27.7 Å². The first kappa shape index (κ1) is 22.5. The highest BCUT2D eigenvalue weighted by Crippen LogP contribution is 2.51. The van der Waals surface area contributed by atoms with E-state index in [4.69, 9.17) is 11.5 Å². The molecule has 4 rings (SSSR count). The summed E-state index contributed by atoms with van der Waals surface area (Å²) in [6.45, 7) is 9.30. The van der Waals surface area contributed by atoms with Crippen molar-refractivity contribution in [2.24, 2.45) is 58.8 Å². The average molecular weight is 379 g/mol. The molecule has 4 N–H and O–H groups in total. The van der Waals surface area contributed by atoms with Gasteiger partial charge in [0.1, 0.15) is 0 Å². The minimum atomic E-state index is 0. The molecule has 2 nitrogen and oxygen atoms in total. The van der Waals surface area contributed by atoms with Crippen molar-refractivity contribution in [3.8, 4) is 0 Å². The van der Waals surface area contributed by atoms with Crippen LogP contribution in [0.25, 0.3) is 0 Å². The molecule has 4 heteroatoms. The quantitative estimate of drug-likeness (QED) is 0.719. The summed E-state index contributed by atoms with van der Waals surface area (Å²) < 4.78 is 0. The molecule has 24 heavy (non-hydrogen) atoms. The topological polar surface area (TPSA) is 52.0 Å². The van der Waals surface area contributed by atoms with Gasteiger partial charge >= 0.3 is 0 Å². The van der Waals surface area contributed by atoms with Crippen molar-refractivity contribution in [1.29, 1.82) is 0 Å². The summed E-state index contributed by atoms with van der Waals surface area (Å²) in [5, 5.41) is 0. The van der Waals surface area contributed by atoms with Crippen molar-refractivity contribution in [2.45, 2.75) is 78.3 Å². The molecule has 0 aromatic rings. The summed E-state index contributed by atoms with van der Waals surface area (Å²) in [6.07, 6.45) is 8.61. The van der Waals surface area contributed by atoms with Gasteiger partial charge in [-0.25, -0.2) is 0 Å². The van der Waals surface area contributed by atoms with Gasteiger partial charge in [-0.15, -0.1) is 24.8 Å². The van der Waals surface area contributed by atoms with E-state index < -0.39 is 0 Å². The summed E-state index contributed by atoms with van der Waals surface area (Å²) in [5.41, 5.74) is 12.3. The van der Waals surface area contributed by atoms with Crippen LogP contribution in [0.2, 0.25) is 0 Å². The Morgan fingerprint density at radius 1 is 0.583 bits per heavy atom. The molecular weight excluding hydrogens is 339 g/mol. The average Bonchev–Trinajstić information content (AvgIpc) is 3.17. The van der Waals surface area contributed by atoms with E-state index in [-0.39, 0.29) is 24.8 Å². The van der Waals surface area contributed by atoms with Crippen LogP contribution in [0.4, 0.5) is 0 Å². The molecule has 4 fully saturated rings. The van der Waals surface area contributed by atoms with Crippen molar-refractivity contribution in [2.75, 3.05) is 0 Å². The Kier molecular flexibility index (Phi) is 8.39. The Morgan fingerprint density at radius 3 is 1.04 bits per heavy atom. The zero-order valence-electron chi connectivity index (χ0n) is 16.0. The highest BCUT2D eigenvalue weighted by Gasteiger charge is 2.47. The third-order valence-electron chi connectivity index (χ3n) is 7.63. The van der Waals surface area contributed by atoms with Gasteiger partial charge in [0.05, 0.1) is 0 Å². The van der Waals surface area contributed by atoms with Crippen LogP contribution in [0.5, 0.6) is 0 Å². The zero-order chi connectivity index (χ0) is 16.0. The molecule has 0 saturated heterocycles. The largest absolute Gasteiger partial charge is 0.327 e. The lowest BCUT2D eigenvalue weighted by Gasteiger charge is -2.31. The predicted octanol–water partition coefficient (Wildman–Crippen LogP) is 4.88. The number of hydrogen-bond acceptors (Lipinski definition) is 2. The summed E-state index contributed by atoms with van der Waals surface area (Å²) in [5.74, 6) is 7.02. The second-order valence-corrected chi connectivity index (χ2v) is 9.46. The van der Waals surface area contributed by atoms with Crippen LogP contribution >= 0.6 is 24.8 Å². The summed E-state index contributed by atoms with van der Waals surface area (Å²) in [6, 6.07) is 1.07. The molecular formula is C20H40Cl2N2. The lowest BCUT2D eigenvalue weighted by molar-refractivity contribution is 0.222. The fourth-order valence-electron chi connectivity index (χ4n) is 6.74. The number of rotatable bonds is 2. The Labute approximate surface area is 162 Å². The van der Waals surface area contributed by atoms with Crippen LogP contribution in [0.1, 0.15) is 66.2 Å². The maximum Gasteiger partial charge on any atom is 0.0101 e. The second-order valence-electron chi connectivity index (χ2n) is 9.46. The Balaban J connectivity index is 0.000000222. The lowest BCUT2D eigenvalue weighted by atomic mass is 9.78. The minimum absolute atomic E-state index is 0. The molecule has 0 aliphatic heterocycles. The van der Waals surface area contributed by atoms with Crippen LogP contribution in [-0.2, 0) is 0 Å². The molecule has 0 aromatic heterocycles. The van der Waals surface area contributed by atoms with Crippen molar-refractivity contribution in [1.82, 2.24) is 0 Å². The molecule has 4 bridgehead atoms. The van der Waals surface area contributed by atoms with E-state index in [2.05, 4.69) is 27.7 Å². The standard InChI is InChI=1S/2C10H19N.2ClH/c2*1-6(2)9-7-3-4-8(5-7)10(9)11;;/h2*6-10H,3-5,11H2,1-2H3;2*1H/t2*7-,8+,9+,10+;;/m10../s1. The molecule has 4 saturated carbocycles. The van der Waals surface area contributed by atoms with E-state index in [1.807, 2.05) is 0 Å². The second kappa shape index (κ2) is 8.93. The van der Waals surface area contributed by atoms with E-state index in [0.29, 0.717) is 12.1 Å². The van der Waals surface area contributed by atoms with Gasteiger partial charge in [0.15, 0.2) is 0 Å². The van der Waals surface area contributed by atoms with E-state index in [0.717, 1.165) is 47.3 Å². The van der Waals surface area contributed by atoms with Crippen molar-refractivity contribution in [3.05, 3.63) is 0 Å². The van der Waals surface area contributed by atoms with E-state index in [9.17, 15) is 0 Å². The monoisotopic (exact) mass is 378 g/mol. The molecule has 4 aliphatic rings. The van der Waals surface area contributed by atoms with E-state index in [1.165, 1.54) is 38.5 Å². The van der Waals surface area contributed by atoms with Gasteiger partial charge in [0, 0.05) is 12.1 Å². The Bertz CT molecular complexity index is 348. The first-order valence-electron chi connectivity index (χ1n) is 9.91. The summed E-state index contributed by atoms with van der Waals surface area (Å²) in [4.78, 5) is 0. The normalized spacial score (nSPS) is 45.0. The van der Waals surface area contributed by atoms with Crippen LogP contribution in [0, 0.1) is 47.3 Å². The van der Waals surface area contributed by atoms with Crippen LogP contribution in [0.15, 0.2) is 0 Å². The lowest BCUT2D eigenvalue weighted by Crippen LogP contribution is -2.38. The summed E-state index contributed by atoms with van der Waals surface area (Å²) in [7, 11) is 0. The van der Waals surface area contributed by atoms with Gasteiger partial charge in [0.25, 0.3) is 0 Å². The number of fused-ring (bicyclic) bond motifs is 4. The van der Waals surface area contributed by atoms with Crippen LogP contribution < -0.4 is 11.5 Å². The predicted molar refractivity (Wildman–Crippen MR) is 109 cm³/mol. The minimum Gasteiger partial charge on any atom is -0.327 e. The Hall–Kier alpha value is 0.500. The zero-order valence-corrected chi connectivity index (χ0v) is 17.6. The summed E-state index contributed by atoms with van der Waals surface area (Å²) >= 11 is 0. The van der Waals surface area contributed by atoms with E-state index in [1.54, 1.807) is 0 Å². The van der Waals surface area contributed by atoms with Gasteiger partial charge < -0.3 is 11.5 Å². The van der Waals surface area contributed by atoms with Gasteiger partial charge in [-0.3, -0.25) is 0 Å². The van der Waals surface area contributed by atoms with Crippen LogP contribution in [-0.4, -0.2) is 12.1 Å². The number of hydrogen-bond donors (Lipinski definition) is 2. The smallest absolute Gasteiger partial charge is 0.0101 e. The number of nitrogens with two attached hydrogens (primary N) is 2. The van der Waals surface area contributed by atoms with Crippen molar-refractivity contribution >= 4 is 24.8 Å². The molecule has 0 spiro atoms. The maximum absolute atomic E-state index is 6.17. The Morgan fingerprint density at radius 2 is 0.875 bits per heavy atom. The molecule has 0 amide bonds. The molecule has 144 valence electrons. The van der Waals surface area contributed by atoms with Gasteiger partial charge in [0.2, 0.25) is 0 Å². The third kappa shape index (κ3) is 4.08. The van der Waals surface area contributed by atoms with E-state index >= 15 is 0 Å².